The van der Waals surface area contributed by atoms with Crippen LogP contribution in [0, 0.1) is 6.92 Å². The summed E-state index contributed by atoms with van der Waals surface area (Å²) >= 11 is 0. The van der Waals surface area contributed by atoms with Gasteiger partial charge in [0.15, 0.2) is 11.6 Å². The maximum Gasteiger partial charge on any atom is 0.174 e. The average Bonchev–Trinajstić information content (AvgIpc) is 2.56. The zero-order chi connectivity index (χ0) is 16.4. The first-order valence-corrected chi connectivity index (χ1v) is 7.13. The van der Waals surface area contributed by atoms with E-state index in [9.17, 15) is 0 Å². The minimum absolute atomic E-state index is 0.341. The smallest absolute Gasteiger partial charge is 0.174 e. The lowest BCUT2D eigenvalue weighted by Gasteiger charge is -2.12. The zero-order valence-corrected chi connectivity index (χ0v) is 13.3. The fourth-order valence-corrected chi connectivity index (χ4v) is 2.34. The van der Waals surface area contributed by atoms with Crippen molar-refractivity contribution in [3.05, 3.63) is 42.0 Å². The lowest BCUT2D eigenvalue weighted by molar-refractivity contribution is 0.395. The van der Waals surface area contributed by atoms with Crippen molar-refractivity contribution in [3.8, 4) is 11.5 Å². The monoisotopic (exact) mass is 310 g/mol. The van der Waals surface area contributed by atoms with E-state index in [0.29, 0.717) is 23.1 Å². The summed E-state index contributed by atoms with van der Waals surface area (Å²) < 4.78 is 10.5. The first-order chi connectivity index (χ1) is 11.1. The molecule has 3 rings (SSSR count). The molecule has 0 radical (unpaired) electrons. The van der Waals surface area contributed by atoms with Gasteiger partial charge in [-0.3, -0.25) is 0 Å². The normalized spacial score (nSPS) is 10.6. The number of rotatable bonds is 4. The van der Waals surface area contributed by atoms with E-state index in [2.05, 4.69) is 15.3 Å². The second kappa shape index (κ2) is 6.00. The fraction of sp³-hybridized carbons (Fsp3) is 0.176. The second-order valence-corrected chi connectivity index (χ2v) is 5.13. The lowest BCUT2D eigenvalue weighted by atomic mass is 10.2. The maximum atomic E-state index is 6.05. The predicted molar refractivity (Wildman–Crippen MR) is 91.5 cm³/mol. The number of nitrogens with zero attached hydrogens (tertiary/aromatic N) is 2. The number of para-hydroxylation sites is 1. The Bertz CT molecular complexity index is 842. The van der Waals surface area contributed by atoms with Crippen LogP contribution in [0.15, 0.2) is 36.4 Å². The van der Waals surface area contributed by atoms with E-state index in [4.69, 9.17) is 15.2 Å². The van der Waals surface area contributed by atoms with Crippen LogP contribution in [0.4, 0.5) is 17.3 Å². The average molecular weight is 310 g/mol. The Labute approximate surface area is 134 Å². The van der Waals surface area contributed by atoms with E-state index in [0.717, 1.165) is 22.3 Å². The van der Waals surface area contributed by atoms with Gasteiger partial charge in [-0.1, -0.05) is 12.1 Å². The molecule has 23 heavy (non-hydrogen) atoms. The van der Waals surface area contributed by atoms with E-state index in [-0.39, 0.29) is 0 Å². The van der Waals surface area contributed by atoms with Crippen LogP contribution in [-0.2, 0) is 0 Å². The van der Waals surface area contributed by atoms with Crippen LogP contribution < -0.4 is 20.5 Å². The van der Waals surface area contributed by atoms with E-state index >= 15 is 0 Å². The number of benzene rings is 2. The molecular weight excluding hydrogens is 292 g/mol. The summed E-state index contributed by atoms with van der Waals surface area (Å²) in [5.74, 6) is 2.19. The summed E-state index contributed by atoms with van der Waals surface area (Å²) in [7, 11) is 3.21. The molecule has 3 N–H and O–H groups in total. The van der Waals surface area contributed by atoms with Crippen LogP contribution in [0.25, 0.3) is 11.0 Å². The Morgan fingerprint density at radius 1 is 1.00 bits per heavy atom. The predicted octanol–water partition coefficient (Wildman–Crippen LogP) is 3.28. The van der Waals surface area contributed by atoms with Gasteiger partial charge in [0.05, 0.1) is 25.3 Å². The number of aromatic nitrogens is 2. The van der Waals surface area contributed by atoms with Crippen molar-refractivity contribution in [3.63, 3.8) is 0 Å². The fourth-order valence-electron chi connectivity index (χ4n) is 2.34. The highest BCUT2D eigenvalue weighted by molar-refractivity contribution is 5.83. The first kappa shape index (κ1) is 14.9. The molecule has 6 nitrogen and oxygen atoms in total. The van der Waals surface area contributed by atoms with Gasteiger partial charge < -0.3 is 20.5 Å². The summed E-state index contributed by atoms with van der Waals surface area (Å²) in [5, 5.41) is 3.17. The minimum Gasteiger partial charge on any atom is -0.497 e. The quantitative estimate of drug-likeness (QED) is 0.769. The largest absolute Gasteiger partial charge is 0.497 e. The van der Waals surface area contributed by atoms with Crippen LogP contribution in [0.1, 0.15) is 5.56 Å². The van der Waals surface area contributed by atoms with Crippen LogP contribution in [-0.4, -0.2) is 24.2 Å². The number of fused-ring (bicyclic) bond motifs is 1. The number of nitrogen functional groups attached to an aromatic ring is 1. The summed E-state index contributed by atoms with van der Waals surface area (Å²) in [4.78, 5) is 9.01. The Morgan fingerprint density at radius 3 is 2.35 bits per heavy atom. The van der Waals surface area contributed by atoms with Gasteiger partial charge in [-0.25, -0.2) is 9.97 Å². The first-order valence-electron chi connectivity index (χ1n) is 7.13. The van der Waals surface area contributed by atoms with Crippen molar-refractivity contribution < 1.29 is 9.47 Å². The highest BCUT2D eigenvalue weighted by atomic mass is 16.5. The highest BCUT2D eigenvalue weighted by Crippen LogP contribution is 2.29. The molecule has 0 saturated carbocycles. The molecule has 0 amide bonds. The van der Waals surface area contributed by atoms with Crippen LogP contribution in [0.3, 0.4) is 0 Å². The van der Waals surface area contributed by atoms with Crippen molar-refractivity contribution in [2.75, 3.05) is 25.3 Å². The van der Waals surface area contributed by atoms with Gasteiger partial charge in [0.25, 0.3) is 0 Å². The summed E-state index contributed by atoms with van der Waals surface area (Å²) in [6.45, 7) is 1.98. The lowest BCUT2D eigenvalue weighted by Crippen LogP contribution is -2.03. The third-order valence-corrected chi connectivity index (χ3v) is 3.54. The van der Waals surface area contributed by atoms with Crippen molar-refractivity contribution in [1.82, 2.24) is 9.97 Å². The molecule has 0 aliphatic rings. The third kappa shape index (κ3) is 2.96. The second-order valence-electron chi connectivity index (χ2n) is 5.13. The van der Waals surface area contributed by atoms with E-state index in [1.165, 1.54) is 0 Å². The van der Waals surface area contributed by atoms with Crippen molar-refractivity contribution in [1.29, 1.82) is 0 Å². The number of ether oxygens (including phenoxy) is 2. The number of anilines is 3. The van der Waals surface area contributed by atoms with Gasteiger partial charge >= 0.3 is 0 Å². The molecule has 0 fully saturated rings. The number of aryl methyl sites for hydroxylation is 1. The maximum absolute atomic E-state index is 6.05. The van der Waals surface area contributed by atoms with Crippen molar-refractivity contribution in [2.45, 2.75) is 6.92 Å². The molecule has 118 valence electrons. The Hall–Kier alpha value is -3.02. The minimum atomic E-state index is 0.341. The Kier molecular flexibility index (Phi) is 3.89. The molecule has 1 aromatic heterocycles. The van der Waals surface area contributed by atoms with Crippen LogP contribution in [0.2, 0.25) is 0 Å². The molecule has 1 heterocycles. The van der Waals surface area contributed by atoms with Gasteiger partial charge in [0.2, 0.25) is 0 Å². The third-order valence-electron chi connectivity index (χ3n) is 3.54. The van der Waals surface area contributed by atoms with Crippen LogP contribution in [0.5, 0.6) is 11.5 Å². The molecule has 3 aromatic rings. The van der Waals surface area contributed by atoms with Gasteiger partial charge in [-0.05, 0) is 18.6 Å². The molecule has 0 unspecified atom stereocenters. The number of hydrogen-bond donors (Lipinski definition) is 2. The van der Waals surface area contributed by atoms with Crippen molar-refractivity contribution in [2.24, 2.45) is 0 Å². The standard InChI is InChI=1S/C17H18N4O2/c1-10-5-4-6-14-15(10)21-16(18)17(20-14)19-11-7-12(22-2)9-13(8-11)23-3/h4-9H,1-3H3,(H2,18,21)(H,19,20). The zero-order valence-electron chi connectivity index (χ0n) is 13.3. The molecule has 0 bridgehead atoms. The molecule has 0 atom stereocenters. The SMILES string of the molecule is COc1cc(Nc2nc3cccc(C)c3nc2N)cc(OC)c1. The molecule has 0 aliphatic heterocycles. The number of hydrogen-bond acceptors (Lipinski definition) is 6. The molecule has 0 aliphatic carbocycles. The molecular formula is C17H18N4O2. The number of nitrogens with one attached hydrogen (secondary N) is 1. The van der Waals surface area contributed by atoms with Crippen LogP contribution >= 0.6 is 0 Å². The van der Waals surface area contributed by atoms with E-state index in [1.807, 2.05) is 37.3 Å². The highest BCUT2D eigenvalue weighted by Gasteiger charge is 2.09. The van der Waals surface area contributed by atoms with Crippen molar-refractivity contribution >= 4 is 28.4 Å². The number of methoxy groups -OCH3 is 2. The molecule has 0 saturated heterocycles. The molecule has 0 spiro atoms. The van der Waals surface area contributed by atoms with E-state index in [1.54, 1.807) is 20.3 Å². The summed E-state index contributed by atoms with van der Waals surface area (Å²) in [6, 6.07) is 11.3. The van der Waals surface area contributed by atoms with Gasteiger partial charge in [0.1, 0.15) is 11.5 Å². The molecule has 2 aromatic carbocycles. The summed E-state index contributed by atoms with van der Waals surface area (Å²) in [6.07, 6.45) is 0. The topological polar surface area (TPSA) is 82.3 Å². The molecule has 6 heteroatoms. The van der Waals surface area contributed by atoms with Gasteiger partial charge in [0, 0.05) is 23.9 Å². The van der Waals surface area contributed by atoms with Gasteiger partial charge in [-0.2, -0.15) is 0 Å². The van der Waals surface area contributed by atoms with E-state index < -0.39 is 0 Å². The summed E-state index contributed by atoms with van der Waals surface area (Å²) in [5.41, 5.74) is 9.44. The Morgan fingerprint density at radius 2 is 1.70 bits per heavy atom. The number of nitrogens with two attached hydrogens (primary N) is 1. The Balaban J connectivity index is 2.03. The van der Waals surface area contributed by atoms with Gasteiger partial charge in [-0.15, -0.1) is 0 Å².